The Balaban J connectivity index is 1.68. The second-order valence-electron chi connectivity index (χ2n) is 9.75. The highest BCUT2D eigenvalue weighted by Crippen LogP contribution is 2.68. The van der Waals surface area contributed by atoms with E-state index < -0.39 is 110 Å². The van der Waals surface area contributed by atoms with Crippen LogP contribution in [0, 0.1) is 5.41 Å². The van der Waals surface area contributed by atoms with Gasteiger partial charge in [0.2, 0.25) is 5.91 Å². The normalized spacial score (nSPS) is 37.5. The predicted molar refractivity (Wildman–Crippen MR) is 104 cm³/mol. The number of rotatable bonds is 5. The summed E-state index contributed by atoms with van der Waals surface area (Å²) in [6.45, 7) is 0. The number of hydrogen-bond donors (Lipinski definition) is 2. The molecule has 1 aromatic rings. The van der Waals surface area contributed by atoms with Gasteiger partial charge in [-0.1, -0.05) is 0 Å². The first-order valence-electron chi connectivity index (χ1n) is 9.80. The minimum absolute atomic E-state index is 0.0574. The summed E-state index contributed by atoms with van der Waals surface area (Å²) in [7, 11) is -3.79. The third-order valence-electron chi connectivity index (χ3n) is 6.44. The van der Waals surface area contributed by atoms with Crippen LogP contribution in [0.15, 0.2) is 6.07 Å². The summed E-state index contributed by atoms with van der Waals surface area (Å²) in [4.78, 5) is 11.9. The smallest absolute Gasteiger partial charge is 0.387 e. The van der Waals surface area contributed by atoms with E-state index in [2.05, 4.69) is 5.32 Å². The molecule has 0 aliphatic heterocycles. The molecule has 2 N–H and O–H groups in total. The number of amides is 1. The van der Waals surface area contributed by atoms with Crippen molar-refractivity contribution in [2.24, 2.45) is 5.41 Å². The number of carbonyl (C=O) groups is 1. The van der Waals surface area contributed by atoms with Gasteiger partial charge in [-0.25, -0.2) is 21.6 Å². The summed E-state index contributed by atoms with van der Waals surface area (Å²) in [5, 5.41) is 11.9. The number of anilines is 1. The van der Waals surface area contributed by atoms with Gasteiger partial charge in [0.05, 0.1) is 17.3 Å². The van der Waals surface area contributed by atoms with Gasteiger partial charge in [0.15, 0.2) is 0 Å². The number of alkyl halides is 6. The van der Waals surface area contributed by atoms with E-state index in [0.29, 0.717) is 6.07 Å². The molecule has 0 radical (unpaired) electrons. The van der Waals surface area contributed by atoms with E-state index in [-0.39, 0.29) is 11.3 Å². The molecule has 1 aromatic heterocycles. The highest BCUT2D eigenvalue weighted by Gasteiger charge is 2.72. The molecule has 13 heteroatoms. The maximum atomic E-state index is 15.2. The van der Waals surface area contributed by atoms with Crippen molar-refractivity contribution >= 4 is 32.1 Å². The van der Waals surface area contributed by atoms with Crippen molar-refractivity contribution in [2.45, 2.75) is 67.8 Å². The maximum Gasteiger partial charge on any atom is 0.425 e. The van der Waals surface area contributed by atoms with Gasteiger partial charge in [-0.3, -0.25) is 4.79 Å². The molecule has 4 bridgehead atoms. The van der Waals surface area contributed by atoms with Crippen LogP contribution >= 0.6 is 11.3 Å². The van der Waals surface area contributed by atoms with E-state index in [0.717, 1.165) is 6.26 Å². The maximum absolute atomic E-state index is 15.2. The fourth-order valence-electron chi connectivity index (χ4n) is 6.02. The molecule has 32 heavy (non-hydrogen) atoms. The zero-order valence-corrected chi connectivity index (χ0v) is 18.5. The molecular weight excluding hydrogens is 484 g/mol. The van der Waals surface area contributed by atoms with E-state index in [1.807, 2.05) is 0 Å². The first-order chi connectivity index (χ1) is 14.4. The fraction of sp³-hybridized carbons (Fsp3) is 0.737. The minimum atomic E-state index is -4.84. The van der Waals surface area contributed by atoms with Gasteiger partial charge in [0, 0.05) is 31.1 Å². The Bertz CT molecular complexity index is 1010. The third-order valence-corrected chi connectivity index (χ3v) is 8.47. The molecule has 4 aliphatic rings. The summed E-state index contributed by atoms with van der Waals surface area (Å²) in [5.74, 6) is -1.94. The highest BCUT2D eigenvalue weighted by molar-refractivity contribution is 7.90. The van der Waals surface area contributed by atoms with Gasteiger partial charge in [-0.05, 0) is 25.3 Å². The molecule has 5 nitrogen and oxygen atoms in total. The zero-order chi connectivity index (χ0) is 24.0. The second-order valence-corrected chi connectivity index (χ2v) is 13.0. The topological polar surface area (TPSA) is 83.5 Å². The van der Waals surface area contributed by atoms with Crippen LogP contribution in [0.5, 0.6) is 0 Å². The summed E-state index contributed by atoms with van der Waals surface area (Å²) in [6, 6.07) is 0.528. The first-order valence-corrected chi connectivity index (χ1v) is 12.7. The van der Waals surface area contributed by atoms with Crippen molar-refractivity contribution in [3.8, 4) is 0 Å². The van der Waals surface area contributed by atoms with Crippen molar-refractivity contribution in [1.82, 2.24) is 0 Å². The van der Waals surface area contributed by atoms with Gasteiger partial charge in [0.25, 0.3) is 0 Å². The molecule has 1 heterocycles. The van der Waals surface area contributed by atoms with E-state index in [1.54, 1.807) is 0 Å². The first kappa shape index (κ1) is 23.8. The number of aliphatic hydroxyl groups excluding tert-OH is 1. The number of carbonyl (C=O) groups excluding carboxylic acids is 1. The van der Waals surface area contributed by atoms with E-state index in [4.69, 9.17) is 0 Å². The Morgan fingerprint density at radius 3 is 1.97 bits per heavy atom. The fourth-order valence-corrected chi connectivity index (χ4v) is 7.75. The van der Waals surface area contributed by atoms with Crippen molar-refractivity contribution in [3.05, 3.63) is 16.5 Å². The van der Waals surface area contributed by atoms with Crippen LogP contribution < -0.4 is 5.32 Å². The molecular formula is C19H21F6NO4S2. The Labute approximate surface area is 184 Å². The molecule has 1 unspecified atom stereocenters. The lowest BCUT2D eigenvalue weighted by Gasteiger charge is -2.62. The van der Waals surface area contributed by atoms with Crippen molar-refractivity contribution in [3.63, 3.8) is 0 Å². The standard InChI is InChI=1S/C19H21F6NO4S2/c1-32(29,30)3-11(27)10-2-12(19(23,24)25)31-13(10)26-14(28)15-4-16(20)7-17(21,5-15)9-18(22,6-15)8-16/h2,11,27H,3-9H2,1H3,(H,26,28). The van der Waals surface area contributed by atoms with Crippen LogP contribution in [-0.4, -0.2) is 48.4 Å². The average Bonchev–Trinajstić information content (AvgIpc) is 2.92. The van der Waals surface area contributed by atoms with Crippen molar-refractivity contribution < 1.29 is 44.7 Å². The monoisotopic (exact) mass is 505 g/mol. The number of halogens is 6. The van der Waals surface area contributed by atoms with Crippen LogP contribution in [0.3, 0.4) is 0 Å². The lowest BCUT2D eigenvalue weighted by molar-refractivity contribution is -0.214. The number of hydrogen-bond acceptors (Lipinski definition) is 5. The molecule has 0 aromatic carbocycles. The highest BCUT2D eigenvalue weighted by atomic mass is 32.2. The molecule has 180 valence electrons. The number of nitrogens with one attached hydrogen (secondary N) is 1. The lowest BCUT2D eigenvalue weighted by atomic mass is 9.46. The molecule has 0 spiro atoms. The third kappa shape index (κ3) is 4.27. The Morgan fingerprint density at radius 1 is 1.09 bits per heavy atom. The van der Waals surface area contributed by atoms with Crippen LogP contribution in [-0.2, 0) is 20.8 Å². The molecule has 1 atom stereocenters. The Hall–Kier alpha value is -1.34. The Kier molecular flexibility index (Phi) is 5.09. The molecule has 0 saturated heterocycles. The molecule has 4 fully saturated rings. The van der Waals surface area contributed by atoms with Crippen molar-refractivity contribution in [1.29, 1.82) is 0 Å². The van der Waals surface area contributed by atoms with E-state index >= 15 is 13.2 Å². The quantitative estimate of drug-likeness (QED) is 0.586. The number of aliphatic hydroxyl groups is 1. The zero-order valence-electron chi connectivity index (χ0n) is 16.9. The van der Waals surface area contributed by atoms with Gasteiger partial charge in [0.1, 0.15) is 36.7 Å². The Morgan fingerprint density at radius 2 is 1.56 bits per heavy atom. The summed E-state index contributed by atoms with van der Waals surface area (Å²) in [6.07, 6.45) is -8.91. The minimum Gasteiger partial charge on any atom is -0.387 e. The lowest BCUT2D eigenvalue weighted by Crippen LogP contribution is -2.67. The predicted octanol–water partition coefficient (Wildman–Crippen LogP) is 4.28. The van der Waals surface area contributed by atoms with Crippen LogP contribution in [0.2, 0.25) is 0 Å². The van der Waals surface area contributed by atoms with Crippen LogP contribution in [0.4, 0.5) is 31.3 Å². The SMILES string of the molecule is CS(=O)(=O)CC(O)c1cc(C(F)(F)F)sc1NC(=O)C12CC3(F)CC(F)(CC(F)(C3)C1)C2. The molecule has 1 amide bonds. The number of sulfone groups is 1. The molecule has 5 rings (SSSR count). The van der Waals surface area contributed by atoms with Gasteiger partial charge >= 0.3 is 6.18 Å². The van der Waals surface area contributed by atoms with Gasteiger partial charge in [-0.15, -0.1) is 11.3 Å². The van der Waals surface area contributed by atoms with Crippen LogP contribution in [0.1, 0.15) is 55.1 Å². The van der Waals surface area contributed by atoms with E-state index in [1.165, 1.54) is 0 Å². The summed E-state index contributed by atoms with van der Waals surface area (Å²) < 4.78 is 108. The van der Waals surface area contributed by atoms with Crippen molar-refractivity contribution in [2.75, 3.05) is 17.3 Å². The average molecular weight is 506 g/mol. The second kappa shape index (κ2) is 6.84. The molecule has 4 saturated carbocycles. The van der Waals surface area contributed by atoms with E-state index in [9.17, 15) is 31.5 Å². The van der Waals surface area contributed by atoms with Crippen LogP contribution in [0.25, 0.3) is 0 Å². The molecule has 4 aliphatic carbocycles. The van der Waals surface area contributed by atoms with Gasteiger partial charge in [-0.2, -0.15) is 13.2 Å². The number of thiophene rings is 1. The largest absolute Gasteiger partial charge is 0.425 e. The van der Waals surface area contributed by atoms with Gasteiger partial charge < -0.3 is 10.4 Å². The summed E-state index contributed by atoms with van der Waals surface area (Å²) in [5.41, 5.74) is -8.98. The summed E-state index contributed by atoms with van der Waals surface area (Å²) >= 11 is 0.0574.